The minimum absolute atomic E-state index is 0.0146. The van der Waals surface area contributed by atoms with E-state index in [4.69, 9.17) is 4.74 Å². The van der Waals surface area contributed by atoms with Crippen molar-refractivity contribution in [3.05, 3.63) is 30.1 Å². The molecule has 0 saturated carbocycles. The summed E-state index contributed by atoms with van der Waals surface area (Å²) in [5, 5.41) is 3.57. The molecule has 1 N–H and O–H groups in total. The maximum atomic E-state index is 5.95. The Morgan fingerprint density at radius 2 is 2.24 bits per heavy atom. The molecule has 0 bridgehead atoms. The first kappa shape index (κ1) is 12.5. The number of rotatable bonds is 5. The quantitative estimate of drug-likeness (QED) is 0.848. The predicted molar refractivity (Wildman–Crippen MR) is 69.0 cm³/mol. The van der Waals surface area contributed by atoms with Gasteiger partial charge in [0.05, 0.1) is 5.60 Å². The van der Waals surface area contributed by atoms with Gasteiger partial charge in [0.1, 0.15) is 0 Å². The van der Waals surface area contributed by atoms with Crippen molar-refractivity contribution >= 4 is 0 Å². The van der Waals surface area contributed by atoms with Crippen LogP contribution in [-0.2, 0) is 11.2 Å². The highest BCUT2D eigenvalue weighted by atomic mass is 16.5. The Balaban J connectivity index is 2.07. The topological polar surface area (TPSA) is 34.2 Å². The SMILES string of the molecule is CCNC(Cc1ccncc1)C1(C)CCCO1. The third kappa shape index (κ3) is 3.05. The molecule has 0 amide bonds. The summed E-state index contributed by atoms with van der Waals surface area (Å²) in [6.45, 7) is 6.26. The fourth-order valence-corrected chi connectivity index (χ4v) is 2.58. The van der Waals surface area contributed by atoms with Gasteiger partial charge in [0.2, 0.25) is 0 Å². The minimum atomic E-state index is -0.0146. The van der Waals surface area contributed by atoms with Crippen LogP contribution in [0.15, 0.2) is 24.5 Å². The van der Waals surface area contributed by atoms with E-state index < -0.39 is 0 Å². The third-order valence-corrected chi connectivity index (χ3v) is 3.63. The summed E-state index contributed by atoms with van der Waals surface area (Å²) in [4.78, 5) is 4.06. The summed E-state index contributed by atoms with van der Waals surface area (Å²) in [7, 11) is 0. The highest BCUT2D eigenvalue weighted by Crippen LogP contribution is 2.30. The van der Waals surface area contributed by atoms with Crippen molar-refractivity contribution in [2.75, 3.05) is 13.2 Å². The predicted octanol–water partition coefficient (Wildman–Crippen LogP) is 2.17. The van der Waals surface area contributed by atoms with E-state index in [0.29, 0.717) is 6.04 Å². The Kier molecular flexibility index (Phi) is 4.13. The summed E-state index contributed by atoms with van der Waals surface area (Å²) in [5.41, 5.74) is 1.31. The standard InChI is InChI=1S/C14H22N2O/c1-3-16-13(14(2)7-4-10-17-14)11-12-5-8-15-9-6-12/h5-6,8-9,13,16H,3-4,7,10-11H2,1-2H3. The highest BCUT2D eigenvalue weighted by molar-refractivity contribution is 5.13. The lowest BCUT2D eigenvalue weighted by atomic mass is 9.88. The van der Waals surface area contributed by atoms with Gasteiger partial charge >= 0.3 is 0 Å². The van der Waals surface area contributed by atoms with E-state index in [0.717, 1.165) is 26.0 Å². The molecule has 0 radical (unpaired) electrons. The van der Waals surface area contributed by atoms with E-state index in [9.17, 15) is 0 Å². The molecular weight excluding hydrogens is 212 g/mol. The van der Waals surface area contributed by atoms with Crippen LogP contribution in [-0.4, -0.2) is 29.8 Å². The largest absolute Gasteiger partial charge is 0.374 e. The molecule has 1 saturated heterocycles. The molecule has 3 heteroatoms. The molecule has 1 aromatic heterocycles. The van der Waals surface area contributed by atoms with Crippen LogP contribution in [0.1, 0.15) is 32.3 Å². The fourth-order valence-electron chi connectivity index (χ4n) is 2.58. The molecule has 1 aromatic rings. The first-order valence-electron chi connectivity index (χ1n) is 6.51. The van der Waals surface area contributed by atoms with Gasteiger partial charge < -0.3 is 10.1 Å². The van der Waals surface area contributed by atoms with E-state index in [-0.39, 0.29) is 5.60 Å². The van der Waals surface area contributed by atoms with E-state index >= 15 is 0 Å². The van der Waals surface area contributed by atoms with E-state index in [2.05, 4.69) is 36.3 Å². The molecule has 0 spiro atoms. The van der Waals surface area contributed by atoms with E-state index in [1.165, 1.54) is 12.0 Å². The van der Waals surface area contributed by atoms with Crippen LogP contribution in [0.5, 0.6) is 0 Å². The van der Waals surface area contributed by atoms with Crippen LogP contribution in [0.4, 0.5) is 0 Å². The normalized spacial score (nSPS) is 26.0. The fraction of sp³-hybridized carbons (Fsp3) is 0.643. The van der Waals surface area contributed by atoms with Gasteiger partial charge in [-0.3, -0.25) is 4.98 Å². The van der Waals surface area contributed by atoms with Crippen LogP contribution in [0.25, 0.3) is 0 Å². The van der Waals surface area contributed by atoms with Gasteiger partial charge in [-0.15, -0.1) is 0 Å². The van der Waals surface area contributed by atoms with E-state index in [1.54, 1.807) is 0 Å². The number of pyridine rings is 1. The number of aromatic nitrogens is 1. The molecule has 0 aliphatic carbocycles. The molecule has 1 aliphatic heterocycles. The van der Waals surface area contributed by atoms with Crippen LogP contribution in [0.2, 0.25) is 0 Å². The first-order chi connectivity index (χ1) is 8.24. The number of hydrogen-bond acceptors (Lipinski definition) is 3. The molecule has 2 atom stereocenters. The Morgan fingerprint density at radius 3 is 2.82 bits per heavy atom. The van der Waals surface area contributed by atoms with Crippen molar-refractivity contribution in [2.24, 2.45) is 0 Å². The summed E-state index contributed by atoms with van der Waals surface area (Å²) in [5.74, 6) is 0. The average Bonchev–Trinajstić information content (AvgIpc) is 2.78. The first-order valence-corrected chi connectivity index (χ1v) is 6.51. The van der Waals surface area contributed by atoms with Gasteiger partial charge in [-0.25, -0.2) is 0 Å². The summed E-state index contributed by atoms with van der Waals surface area (Å²) in [6.07, 6.45) is 7.05. The van der Waals surface area contributed by atoms with Crippen LogP contribution < -0.4 is 5.32 Å². The van der Waals surface area contributed by atoms with Gasteiger partial charge in [0.15, 0.2) is 0 Å². The molecular formula is C14H22N2O. The van der Waals surface area contributed by atoms with Crippen molar-refractivity contribution in [3.8, 4) is 0 Å². The van der Waals surface area contributed by atoms with Crippen LogP contribution >= 0.6 is 0 Å². The molecule has 2 rings (SSSR count). The van der Waals surface area contributed by atoms with Gasteiger partial charge in [-0.1, -0.05) is 6.92 Å². The number of likely N-dealkylation sites (N-methyl/N-ethyl adjacent to an activating group) is 1. The lowest BCUT2D eigenvalue weighted by molar-refractivity contribution is -0.0110. The second kappa shape index (κ2) is 5.61. The Labute approximate surface area is 104 Å². The Hall–Kier alpha value is -0.930. The molecule has 2 heterocycles. The second-order valence-corrected chi connectivity index (χ2v) is 4.93. The Morgan fingerprint density at radius 1 is 1.47 bits per heavy atom. The highest BCUT2D eigenvalue weighted by Gasteiger charge is 2.37. The minimum Gasteiger partial charge on any atom is -0.374 e. The zero-order valence-corrected chi connectivity index (χ0v) is 10.8. The molecule has 1 aliphatic rings. The summed E-state index contributed by atoms with van der Waals surface area (Å²) in [6, 6.07) is 4.56. The lowest BCUT2D eigenvalue weighted by Crippen LogP contribution is -2.49. The van der Waals surface area contributed by atoms with Gasteiger partial charge in [-0.2, -0.15) is 0 Å². The van der Waals surface area contributed by atoms with Crippen molar-refractivity contribution in [2.45, 2.75) is 44.8 Å². The zero-order chi connectivity index (χ0) is 12.1. The van der Waals surface area contributed by atoms with Crippen molar-refractivity contribution < 1.29 is 4.74 Å². The maximum absolute atomic E-state index is 5.95. The lowest BCUT2D eigenvalue weighted by Gasteiger charge is -2.34. The van der Waals surface area contributed by atoms with Gasteiger partial charge in [0, 0.05) is 25.0 Å². The number of nitrogens with zero attached hydrogens (tertiary/aromatic N) is 1. The number of ether oxygens (including phenoxy) is 1. The van der Waals surface area contributed by atoms with Crippen molar-refractivity contribution in [1.29, 1.82) is 0 Å². The van der Waals surface area contributed by atoms with Crippen LogP contribution in [0, 0.1) is 0 Å². The third-order valence-electron chi connectivity index (χ3n) is 3.63. The van der Waals surface area contributed by atoms with Gasteiger partial charge in [-0.05, 0) is 50.4 Å². The average molecular weight is 234 g/mol. The van der Waals surface area contributed by atoms with Crippen LogP contribution in [0.3, 0.4) is 0 Å². The molecule has 94 valence electrons. The zero-order valence-electron chi connectivity index (χ0n) is 10.8. The second-order valence-electron chi connectivity index (χ2n) is 4.93. The summed E-state index contributed by atoms with van der Waals surface area (Å²) >= 11 is 0. The molecule has 1 fully saturated rings. The molecule has 2 unspecified atom stereocenters. The van der Waals surface area contributed by atoms with Gasteiger partial charge in [0.25, 0.3) is 0 Å². The van der Waals surface area contributed by atoms with Crippen molar-refractivity contribution in [1.82, 2.24) is 10.3 Å². The van der Waals surface area contributed by atoms with Crippen molar-refractivity contribution in [3.63, 3.8) is 0 Å². The maximum Gasteiger partial charge on any atom is 0.0810 e. The molecule has 17 heavy (non-hydrogen) atoms. The monoisotopic (exact) mass is 234 g/mol. The molecule has 3 nitrogen and oxygen atoms in total. The number of hydrogen-bond donors (Lipinski definition) is 1. The summed E-state index contributed by atoms with van der Waals surface area (Å²) < 4.78 is 5.95. The Bertz CT molecular complexity index is 333. The molecule has 0 aromatic carbocycles. The number of nitrogens with one attached hydrogen (secondary N) is 1. The van der Waals surface area contributed by atoms with E-state index in [1.807, 2.05) is 12.4 Å². The smallest absolute Gasteiger partial charge is 0.0810 e.